The van der Waals surface area contributed by atoms with Crippen molar-refractivity contribution >= 4 is 29.3 Å². The average molecular weight is 409 g/mol. The number of nitrogens with one attached hydrogen (secondary N) is 1. The highest BCUT2D eigenvalue weighted by Crippen LogP contribution is 2.37. The Hall–Kier alpha value is -3.46. The summed E-state index contributed by atoms with van der Waals surface area (Å²) in [7, 11) is 0. The van der Waals surface area contributed by atoms with E-state index in [2.05, 4.69) is 10.1 Å². The van der Waals surface area contributed by atoms with Gasteiger partial charge in [0.15, 0.2) is 0 Å². The fraction of sp³-hybridized carbons (Fsp3) is 0.150. The highest BCUT2D eigenvalue weighted by molar-refractivity contribution is 7.98. The van der Waals surface area contributed by atoms with Crippen molar-refractivity contribution in [1.82, 2.24) is 10.1 Å². The van der Waals surface area contributed by atoms with Crippen molar-refractivity contribution in [2.45, 2.75) is 18.2 Å². The number of aromatic amines is 1. The van der Waals surface area contributed by atoms with E-state index in [9.17, 15) is 19.5 Å². The van der Waals surface area contributed by atoms with Gasteiger partial charge in [-0.3, -0.25) is 14.6 Å². The summed E-state index contributed by atoms with van der Waals surface area (Å²) in [6, 6.07) is 13.4. The van der Waals surface area contributed by atoms with Crippen molar-refractivity contribution in [1.29, 1.82) is 0 Å². The van der Waals surface area contributed by atoms with Crippen LogP contribution in [0.5, 0.6) is 0 Å². The van der Waals surface area contributed by atoms with Crippen molar-refractivity contribution in [3.8, 4) is 11.3 Å². The van der Waals surface area contributed by atoms with Gasteiger partial charge in [0, 0.05) is 17.6 Å². The lowest BCUT2D eigenvalue weighted by Gasteiger charge is -2.31. The maximum absolute atomic E-state index is 12.9. The van der Waals surface area contributed by atoms with Gasteiger partial charge in [0.2, 0.25) is 11.1 Å². The normalized spacial score (nSPS) is 14.8. The number of amides is 1. The Bertz CT molecular complexity index is 1190. The zero-order valence-electron chi connectivity index (χ0n) is 15.6. The summed E-state index contributed by atoms with van der Waals surface area (Å²) in [4.78, 5) is 41.1. The number of benzene rings is 2. The molecule has 1 aromatic heterocycles. The predicted molar refractivity (Wildman–Crippen MR) is 107 cm³/mol. The van der Waals surface area contributed by atoms with Gasteiger partial charge in [0.1, 0.15) is 0 Å². The Balaban J connectivity index is 2.03. The molecular weight excluding hydrogens is 392 g/mol. The molecule has 29 heavy (non-hydrogen) atoms. The number of fused-ring (bicyclic) bond motifs is 3. The first-order valence-corrected chi connectivity index (χ1v) is 9.97. The number of aromatic nitrogens is 3. The Morgan fingerprint density at radius 2 is 1.86 bits per heavy atom. The van der Waals surface area contributed by atoms with Crippen LogP contribution in [0, 0.1) is 0 Å². The average Bonchev–Trinajstić information content (AvgIpc) is 2.72. The molecule has 0 bridgehead atoms. The fourth-order valence-corrected chi connectivity index (χ4v) is 3.87. The molecule has 2 N–H and O–H groups in total. The summed E-state index contributed by atoms with van der Waals surface area (Å²) in [5.74, 6) is -1.27. The summed E-state index contributed by atoms with van der Waals surface area (Å²) in [5, 5.41) is 14.2. The smallest absolute Gasteiger partial charge is 0.335 e. The van der Waals surface area contributed by atoms with Gasteiger partial charge < -0.3 is 5.11 Å². The van der Waals surface area contributed by atoms with Crippen LogP contribution in [0.15, 0.2) is 58.5 Å². The SMILES string of the molecule is CSc1n[n+]2c(c(=O)[nH]1)-c1ccccc1N(C(C)=O)C2c1ccc(C(=O)O)cc1. The molecule has 0 spiro atoms. The molecule has 2 heterocycles. The summed E-state index contributed by atoms with van der Waals surface area (Å²) >= 11 is 1.28. The van der Waals surface area contributed by atoms with E-state index >= 15 is 0 Å². The minimum Gasteiger partial charge on any atom is -0.478 e. The zero-order valence-corrected chi connectivity index (χ0v) is 16.4. The van der Waals surface area contributed by atoms with Gasteiger partial charge in [-0.1, -0.05) is 23.9 Å². The van der Waals surface area contributed by atoms with Crippen molar-refractivity contribution in [3.63, 3.8) is 0 Å². The number of thioether (sulfide) groups is 1. The van der Waals surface area contributed by atoms with Crippen LogP contribution in [0.25, 0.3) is 11.3 Å². The summed E-state index contributed by atoms with van der Waals surface area (Å²) in [6.07, 6.45) is 1.06. The highest BCUT2D eigenvalue weighted by Gasteiger charge is 2.44. The number of aromatic carboxylic acids is 1. The van der Waals surface area contributed by atoms with Gasteiger partial charge in [0.05, 0.1) is 16.8 Å². The number of carboxylic acids is 1. The van der Waals surface area contributed by atoms with Crippen molar-refractivity contribution < 1.29 is 19.4 Å². The fourth-order valence-electron chi connectivity index (χ4n) is 3.50. The van der Waals surface area contributed by atoms with Crippen molar-refractivity contribution in [2.75, 3.05) is 11.2 Å². The van der Waals surface area contributed by atoms with E-state index < -0.39 is 12.1 Å². The first kappa shape index (κ1) is 18.9. The van der Waals surface area contributed by atoms with E-state index in [1.165, 1.54) is 35.5 Å². The maximum Gasteiger partial charge on any atom is 0.335 e. The minimum absolute atomic E-state index is 0.133. The minimum atomic E-state index is -1.04. The Labute approximate surface area is 169 Å². The van der Waals surface area contributed by atoms with Crippen LogP contribution < -0.4 is 15.1 Å². The molecule has 146 valence electrons. The summed E-state index contributed by atoms with van der Waals surface area (Å²) in [6.45, 7) is 1.45. The van der Waals surface area contributed by atoms with E-state index in [1.807, 2.05) is 0 Å². The topological polar surface area (TPSA) is 107 Å². The number of carboxylic acid groups (broad SMARTS) is 1. The van der Waals surface area contributed by atoms with Gasteiger partial charge in [-0.25, -0.2) is 9.69 Å². The number of nitrogens with zero attached hydrogens (tertiary/aromatic N) is 3. The second-order valence-corrected chi connectivity index (χ2v) is 7.26. The van der Waals surface area contributed by atoms with Crippen LogP contribution in [0.3, 0.4) is 0 Å². The number of carbonyl (C=O) groups is 2. The monoisotopic (exact) mass is 409 g/mol. The first-order valence-electron chi connectivity index (χ1n) is 8.75. The lowest BCUT2D eigenvalue weighted by Crippen LogP contribution is -2.60. The molecule has 3 aromatic rings. The molecule has 1 atom stereocenters. The maximum atomic E-state index is 12.9. The van der Waals surface area contributed by atoms with Crippen molar-refractivity contribution in [2.24, 2.45) is 0 Å². The first-order chi connectivity index (χ1) is 13.9. The molecular formula is C20H17N4O4S+. The molecule has 0 fully saturated rings. The van der Waals surface area contributed by atoms with E-state index in [0.29, 0.717) is 27.7 Å². The number of hydrogen-bond donors (Lipinski definition) is 2. The van der Waals surface area contributed by atoms with Gasteiger partial charge >= 0.3 is 17.2 Å². The Morgan fingerprint density at radius 3 is 2.48 bits per heavy atom. The Morgan fingerprint density at radius 1 is 1.17 bits per heavy atom. The van der Waals surface area contributed by atoms with E-state index in [-0.39, 0.29) is 17.0 Å². The van der Waals surface area contributed by atoms with Crippen molar-refractivity contribution in [3.05, 3.63) is 70.0 Å². The third-order valence-corrected chi connectivity index (χ3v) is 5.32. The zero-order chi connectivity index (χ0) is 20.7. The molecule has 0 radical (unpaired) electrons. The van der Waals surface area contributed by atoms with Crippen LogP contribution in [0.4, 0.5) is 5.69 Å². The molecule has 2 aromatic carbocycles. The van der Waals surface area contributed by atoms with Gasteiger partial charge in [-0.15, -0.1) is 0 Å². The number of rotatable bonds is 3. The Kier molecular flexibility index (Phi) is 4.67. The van der Waals surface area contributed by atoms with Gasteiger partial charge in [-0.05, 0) is 47.3 Å². The second-order valence-electron chi connectivity index (χ2n) is 6.46. The molecule has 1 amide bonds. The third kappa shape index (κ3) is 3.09. The molecule has 8 nitrogen and oxygen atoms in total. The number of para-hydroxylation sites is 1. The lowest BCUT2D eigenvalue weighted by atomic mass is 10.0. The van der Waals surface area contributed by atoms with Crippen LogP contribution in [-0.2, 0) is 4.79 Å². The number of H-pyrrole nitrogens is 1. The molecule has 1 unspecified atom stereocenters. The molecule has 0 saturated heterocycles. The molecule has 0 saturated carbocycles. The standard InChI is InChI=1S/C20H16N4O4S/c1-11(25)23-15-6-4-3-5-14(15)16-17(26)21-20(29-2)22-24(16)18(23)12-7-9-13(10-8-12)19(27)28/h3-10,18H,1-2H3,(H-,21,22,26,27,28)/p+1. The van der Waals surface area contributed by atoms with Crippen LogP contribution in [0.1, 0.15) is 29.0 Å². The van der Waals surface area contributed by atoms with Gasteiger partial charge in [0.25, 0.3) is 6.17 Å². The molecule has 9 heteroatoms. The second kappa shape index (κ2) is 7.17. The quantitative estimate of drug-likeness (QED) is 0.507. The highest BCUT2D eigenvalue weighted by atomic mass is 32.2. The van der Waals surface area contributed by atoms with E-state index in [0.717, 1.165) is 0 Å². The van der Waals surface area contributed by atoms with E-state index in [1.54, 1.807) is 47.6 Å². The van der Waals surface area contributed by atoms with Crippen LogP contribution >= 0.6 is 11.8 Å². The summed E-state index contributed by atoms with van der Waals surface area (Å²) < 4.78 is 1.53. The molecule has 1 aliphatic heterocycles. The number of anilines is 1. The lowest BCUT2D eigenvalue weighted by molar-refractivity contribution is -0.763. The molecule has 0 aliphatic carbocycles. The van der Waals surface area contributed by atoms with Crippen LogP contribution in [-0.4, -0.2) is 33.3 Å². The molecule has 1 aliphatic rings. The third-order valence-electron chi connectivity index (χ3n) is 4.75. The largest absolute Gasteiger partial charge is 0.478 e. The summed E-state index contributed by atoms with van der Waals surface area (Å²) in [5.41, 5.74) is 1.98. The van der Waals surface area contributed by atoms with Crippen LogP contribution in [0.2, 0.25) is 0 Å². The predicted octanol–water partition coefficient (Wildman–Crippen LogP) is 2.06. The van der Waals surface area contributed by atoms with Gasteiger partial charge in [-0.2, -0.15) is 0 Å². The molecule has 4 rings (SSSR count). The van der Waals surface area contributed by atoms with E-state index in [4.69, 9.17) is 0 Å². The number of carbonyl (C=O) groups excluding carboxylic acids is 1. The number of hydrogen-bond acceptors (Lipinski definition) is 5.